The fourth-order valence-electron chi connectivity index (χ4n) is 2.66. The quantitative estimate of drug-likeness (QED) is 0.344. The molecule has 0 unspecified atom stereocenters. The second-order valence-electron chi connectivity index (χ2n) is 6.08. The van der Waals surface area contributed by atoms with Crippen molar-refractivity contribution in [3.05, 3.63) is 73.0 Å². The van der Waals surface area contributed by atoms with Crippen LogP contribution in [0.15, 0.2) is 66.7 Å². The molecule has 27 heavy (non-hydrogen) atoms. The molecule has 0 atom stereocenters. The van der Waals surface area contributed by atoms with E-state index in [2.05, 4.69) is 25.5 Å². The van der Waals surface area contributed by atoms with Gasteiger partial charge in [-0.2, -0.15) is 9.67 Å². The van der Waals surface area contributed by atoms with Crippen molar-refractivity contribution in [3.63, 3.8) is 0 Å². The summed E-state index contributed by atoms with van der Waals surface area (Å²) >= 11 is 0. The van der Waals surface area contributed by atoms with Gasteiger partial charge >= 0.3 is 0 Å². The molecule has 0 aliphatic carbocycles. The number of fused-ring (bicyclic) bond motifs is 1. The van der Waals surface area contributed by atoms with E-state index in [9.17, 15) is 4.39 Å². The van der Waals surface area contributed by atoms with Crippen LogP contribution < -0.4 is 9.99 Å². The number of halogens is 1. The molecule has 1 aromatic carbocycles. The highest BCUT2D eigenvalue weighted by atomic mass is 19.1. The minimum Gasteiger partial charge on any atom is -0.260 e. The first-order valence-electron chi connectivity index (χ1n) is 8.31. The Hall–Kier alpha value is -3.68. The second-order valence-corrected chi connectivity index (χ2v) is 6.08. The van der Waals surface area contributed by atoms with E-state index in [1.54, 1.807) is 12.3 Å². The summed E-state index contributed by atoms with van der Waals surface area (Å²) in [7, 11) is 1.96. The molecule has 0 bridgehead atoms. The fourth-order valence-corrected chi connectivity index (χ4v) is 2.66. The Morgan fingerprint density at radius 2 is 2.07 bits per heavy atom. The smallest absolute Gasteiger partial charge is 0.250 e. The van der Waals surface area contributed by atoms with Crippen molar-refractivity contribution in [2.45, 2.75) is 6.92 Å². The second kappa shape index (κ2) is 6.91. The third-order valence-corrected chi connectivity index (χ3v) is 4.13. The highest BCUT2D eigenvalue weighted by Crippen LogP contribution is 2.20. The average molecular weight is 362 g/mol. The van der Waals surface area contributed by atoms with E-state index in [1.165, 1.54) is 18.5 Å². The average Bonchev–Trinajstić information content (AvgIpc) is 3.12. The van der Waals surface area contributed by atoms with E-state index in [0.717, 1.165) is 17.1 Å². The number of aromatic nitrogens is 5. The molecule has 0 aliphatic heterocycles. The fraction of sp³-hybridized carbons (Fsp3) is 0.105. The molecule has 4 rings (SSSR count). The summed E-state index contributed by atoms with van der Waals surface area (Å²) in [6.45, 7) is 1.88. The molecule has 8 heteroatoms. The third kappa shape index (κ3) is 3.50. The van der Waals surface area contributed by atoms with Gasteiger partial charge in [0, 0.05) is 29.3 Å². The van der Waals surface area contributed by atoms with Crippen LogP contribution in [0.4, 0.5) is 10.2 Å². The van der Waals surface area contributed by atoms with Crippen molar-refractivity contribution < 1.29 is 8.96 Å². The zero-order valence-electron chi connectivity index (χ0n) is 14.8. The Morgan fingerprint density at radius 3 is 2.81 bits per heavy atom. The molecule has 0 amide bonds. The summed E-state index contributed by atoms with van der Waals surface area (Å²) in [5, 5.41) is 5.07. The SMILES string of the molecule is C/C(=N\Nc1ncnc2cc(F)ccc12)c1ccc(-n2cc[n+](C)c2)nc1. The van der Waals surface area contributed by atoms with Gasteiger partial charge in [0.2, 0.25) is 12.1 Å². The maximum absolute atomic E-state index is 13.3. The van der Waals surface area contributed by atoms with E-state index in [4.69, 9.17) is 0 Å². The molecular formula is C19H17FN7+. The summed E-state index contributed by atoms with van der Waals surface area (Å²) in [5.41, 5.74) is 5.09. The molecule has 0 saturated heterocycles. The van der Waals surface area contributed by atoms with Crippen molar-refractivity contribution in [1.29, 1.82) is 0 Å². The zero-order chi connectivity index (χ0) is 18.8. The molecular weight excluding hydrogens is 345 g/mol. The van der Waals surface area contributed by atoms with Crippen LogP contribution in [0, 0.1) is 5.82 Å². The lowest BCUT2D eigenvalue weighted by molar-refractivity contribution is -0.670. The van der Waals surface area contributed by atoms with Gasteiger partial charge in [-0.1, -0.05) is 0 Å². The van der Waals surface area contributed by atoms with E-state index >= 15 is 0 Å². The van der Waals surface area contributed by atoms with Crippen LogP contribution in [0.1, 0.15) is 12.5 Å². The molecule has 0 fully saturated rings. The number of hydrazone groups is 1. The van der Waals surface area contributed by atoms with Crippen LogP contribution in [-0.2, 0) is 7.05 Å². The number of anilines is 1. The number of hydrogen-bond donors (Lipinski definition) is 1. The Labute approximate surface area is 154 Å². The Balaban J connectivity index is 1.56. The van der Waals surface area contributed by atoms with Crippen molar-refractivity contribution in [1.82, 2.24) is 19.5 Å². The third-order valence-electron chi connectivity index (χ3n) is 4.13. The molecule has 134 valence electrons. The zero-order valence-corrected chi connectivity index (χ0v) is 14.8. The van der Waals surface area contributed by atoms with Gasteiger partial charge in [0.15, 0.2) is 5.82 Å². The molecule has 0 aliphatic rings. The summed E-state index contributed by atoms with van der Waals surface area (Å²) in [4.78, 5) is 12.7. The van der Waals surface area contributed by atoms with Crippen LogP contribution in [0.2, 0.25) is 0 Å². The molecule has 0 radical (unpaired) electrons. The van der Waals surface area contributed by atoms with E-state index < -0.39 is 0 Å². The molecule has 0 spiro atoms. The van der Waals surface area contributed by atoms with Crippen LogP contribution >= 0.6 is 0 Å². The number of nitrogens with one attached hydrogen (secondary N) is 1. The highest BCUT2D eigenvalue weighted by Gasteiger charge is 2.07. The number of rotatable bonds is 4. The summed E-state index contributed by atoms with van der Waals surface area (Å²) in [5.74, 6) is 1.00. The maximum atomic E-state index is 13.3. The van der Waals surface area contributed by atoms with E-state index in [-0.39, 0.29) is 5.82 Å². The van der Waals surface area contributed by atoms with Gasteiger partial charge in [0.05, 0.1) is 18.3 Å². The number of pyridine rings is 1. The predicted molar refractivity (Wildman–Crippen MR) is 100 cm³/mol. The van der Waals surface area contributed by atoms with Crippen LogP contribution in [0.5, 0.6) is 0 Å². The first kappa shape index (κ1) is 16.8. The monoisotopic (exact) mass is 362 g/mol. The topological polar surface area (TPSA) is 71.9 Å². The van der Waals surface area contributed by atoms with Gasteiger partial charge in [-0.3, -0.25) is 5.43 Å². The van der Waals surface area contributed by atoms with E-state index in [0.29, 0.717) is 16.7 Å². The lowest BCUT2D eigenvalue weighted by Crippen LogP contribution is -2.23. The number of imidazole rings is 1. The van der Waals surface area contributed by atoms with Gasteiger partial charge in [0.1, 0.15) is 24.5 Å². The molecule has 4 aromatic rings. The van der Waals surface area contributed by atoms with Crippen LogP contribution in [0.3, 0.4) is 0 Å². The molecule has 1 N–H and O–H groups in total. The predicted octanol–water partition coefficient (Wildman–Crippen LogP) is 2.62. The summed E-state index contributed by atoms with van der Waals surface area (Å²) in [6, 6.07) is 8.25. The number of aryl methyl sites for hydroxylation is 1. The van der Waals surface area contributed by atoms with Gasteiger partial charge in [-0.15, -0.1) is 0 Å². The number of benzene rings is 1. The Bertz CT molecular complexity index is 1130. The van der Waals surface area contributed by atoms with Crippen molar-refractivity contribution in [2.24, 2.45) is 12.1 Å². The Morgan fingerprint density at radius 1 is 1.19 bits per heavy atom. The molecule has 3 heterocycles. The van der Waals surface area contributed by atoms with Crippen LogP contribution in [-0.4, -0.2) is 25.2 Å². The first-order chi connectivity index (χ1) is 13.1. The minimum atomic E-state index is -0.339. The minimum absolute atomic E-state index is 0.339. The first-order valence-corrected chi connectivity index (χ1v) is 8.31. The largest absolute Gasteiger partial charge is 0.260 e. The normalized spacial score (nSPS) is 11.7. The van der Waals surface area contributed by atoms with Crippen molar-refractivity contribution in [3.8, 4) is 5.82 Å². The standard InChI is InChI=1S/C19H17FN7/c1-13(14-3-6-18(21-10-14)27-8-7-26(2)12-27)24-25-19-16-5-4-15(20)9-17(16)22-11-23-19/h3-12H,1-2H3,(H,22,23,25)/q+1/b24-13+. The number of hydrogen-bond acceptors (Lipinski definition) is 5. The van der Waals surface area contributed by atoms with Gasteiger partial charge < -0.3 is 0 Å². The van der Waals surface area contributed by atoms with E-state index in [1.807, 2.05) is 54.0 Å². The van der Waals surface area contributed by atoms with Crippen molar-refractivity contribution >= 4 is 22.4 Å². The van der Waals surface area contributed by atoms with Crippen LogP contribution in [0.25, 0.3) is 16.7 Å². The molecule has 0 saturated carbocycles. The lowest BCUT2D eigenvalue weighted by Gasteiger charge is -2.06. The number of nitrogens with zero attached hydrogens (tertiary/aromatic N) is 6. The summed E-state index contributed by atoms with van der Waals surface area (Å²) < 4.78 is 17.2. The summed E-state index contributed by atoms with van der Waals surface area (Å²) in [6.07, 6.45) is 8.97. The van der Waals surface area contributed by atoms with Crippen molar-refractivity contribution in [2.75, 3.05) is 5.43 Å². The lowest BCUT2D eigenvalue weighted by atomic mass is 10.2. The molecule has 7 nitrogen and oxygen atoms in total. The molecule has 3 aromatic heterocycles. The van der Waals surface area contributed by atoms with Gasteiger partial charge in [0.25, 0.3) is 0 Å². The Kier molecular flexibility index (Phi) is 4.29. The maximum Gasteiger partial charge on any atom is 0.250 e. The van der Waals surface area contributed by atoms with Gasteiger partial charge in [-0.05, 0) is 25.1 Å². The highest BCUT2D eigenvalue weighted by molar-refractivity contribution is 5.99. The van der Waals surface area contributed by atoms with Gasteiger partial charge in [-0.25, -0.2) is 23.9 Å².